The fourth-order valence-electron chi connectivity index (χ4n) is 4.02. The molecule has 0 saturated carbocycles. The van der Waals surface area contributed by atoms with Crippen LogP contribution < -0.4 is 15.8 Å². The second-order valence-electron chi connectivity index (χ2n) is 7.62. The number of hydrogen-bond acceptors (Lipinski definition) is 7. The van der Waals surface area contributed by atoms with Gasteiger partial charge in [0.25, 0.3) is 5.56 Å². The molecule has 2 aliphatic heterocycles. The molecular formula is C20H20ClN7O3. The van der Waals surface area contributed by atoms with Gasteiger partial charge in [-0.25, -0.2) is 14.5 Å². The maximum atomic E-state index is 12.8. The molecule has 10 nitrogen and oxygen atoms in total. The van der Waals surface area contributed by atoms with E-state index >= 15 is 0 Å². The molecule has 0 unspecified atom stereocenters. The molecule has 31 heavy (non-hydrogen) atoms. The lowest BCUT2D eigenvalue weighted by Crippen LogP contribution is -2.52. The minimum Gasteiger partial charge on any atom is -0.366 e. The molecule has 0 spiro atoms. The number of aromatic nitrogens is 4. The highest BCUT2D eigenvalue weighted by Crippen LogP contribution is 2.26. The molecular weight excluding hydrogens is 422 g/mol. The molecule has 2 aliphatic rings. The Hall–Kier alpha value is -3.40. The number of anilines is 1. The molecule has 1 atom stereocenters. The smallest absolute Gasteiger partial charge is 0.317 e. The number of carbonyl (C=O) groups excluding carboxylic acids is 1. The molecule has 1 N–H and O–H groups in total. The Morgan fingerprint density at radius 1 is 1.26 bits per heavy atom. The fraction of sp³-hybridized carbons (Fsp3) is 0.350. The Balaban J connectivity index is 1.37. The molecule has 0 aromatic carbocycles. The lowest BCUT2D eigenvalue weighted by Gasteiger charge is -2.37. The van der Waals surface area contributed by atoms with Crippen molar-refractivity contribution in [3.8, 4) is 11.3 Å². The molecule has 0 bridgehead atoms. The summed E-state index contributed by atoms with van der Waals surface area (Å²) in [5.41, 5.74) is 2.65. The summed E-state index contributed by atoms with van der Waals surface area (Å²) in [6.45, 7) is 4.59. The van der Waals surface area contributed by atoms with E-state index in [9.17, 15) is 9.59 Å². The lowest BCUT2D eigenvalue weighted by atomic mass is 10.1. The normalized spacial score (nSPS) is 18.3. The van der Waals surface area contributed by atoms with Crippen LogP contribution in [0, 0.1) is 6.92 Å². The molecule has 2 amide bonds. The summed E-state index contributed by atoms with van der Waals surface area (Å²) in [5.74, 6) is 0.609. The summed E-state index contributed by atoms with van der Waals surface area (Å²) >= 11 is 5.87. The van der Waals surface area contributed by atoms with Gasteiger partial charge in [0, 0.05) is 49.6 Å². The van der Waals surface area contributed by atoms with E-state index in [1.54, 1.807) is 37.5 Å². The predicted molar refractivity (Wildman–Crippen MR) is 113 cm³/mol. The van der Waals surface area contributed by atoms with Crippen molar-refractivity contribution in [1.29, 1.82) is 0 Å². The van der Waals surface area contributed by atoms with Crippen LogP contribution in [-0.4, -0.2) is 63.1 Å². The minimum atomic E-state index is -0.221. The van der Waals surface area contributed by atoms with E-state index in [0.29, 0.717) is 42.8 Å². The van der Waals surface area contributed by atoms with E-state index in [4.69, 9.17) is 16.1 Å². The second kappa shape index (κ2) is 7.69. The molecule has 0 radical (unpaired) electrons. The summed E-state index contributed by atoms with van der Waals surface area (Å²) in [7, 11) is 0. The van der Waals surface area contributed by atoms with Crippen molar-refractivity contribution in [2.75, 3.05) is 31.1 Å². The molecule has 5 heterocycles. The number of aryl methyl sites for hydroxylation is 1. The number of nitrogens with zero attached hydrogens (tertiary/aromatic N) is 6. The number of hydrogen-bond donors (Lipinski definition) is 1. The lowest BCUT2D eigenvalue weighted by molar-refractivity contribution is 0.197. The Bertz CT molecular complexity index is 1190. The molecule has 160 valence electrons. The summed E-state index contributed by atoms with van der Waals surface area (Å²) in [4.78, 5) is 32.6. The van der Waals surface area contributed by atoms with Crippen LogP contribution in [0.2, 0.25) is 5.15 Å². The molecule has 3 aromatic rings. The van der Waals surface area contributed by atoms with Gasteiger partial charge >= 0.3 is 6.03 Å². The van der Waals surface area contributed by atoms with Gasteiger partial charge in [-0.2, -0.15) is 5.10 Å². The number of pyridine rings is 1. The van der Waals surface area contributed by atoms with Crippen molar-refractivity contribution in [3.63, 3.8) is 0 Å². The zero-order valence-electron chi connectivity index (χ0n) is 16.8. The average molecular weight is 442 g/mol. The van der Waals surface area contributed by atoms with Gasteiger partial charge in [0.2, 0.25) is 0 Å². The number of urea groups is 1. The van der Waals surface area contributed by atoms with Gasteiger partial charge in [0.15, 0.2) is 0 Å². The molecule has 2 fully saturated rings. The zero-order chi connectivity index (χ0) is 21.5. The molecule has 3 aromatic heterocycles. The average Bonchev–Trinajstić information content (AvgIpc) is 3.32. The van der Waals surface area contributed by atoms with Gasteiger partial charge in [-0.3, -0.25) is 4.79 Å². The summed E-state index contributed by atoms with van der Waals surface area (Å²) in [6.07, 6.45) is 3.30. The van der Waals surface area contributed by atoms with Crippen LogP contribution in [0.25, 0.3) is 11.3 Å². The topological polar surface area (TPSA) is 109 Å². The van der Waals surface area contributed by atoms with Crippen LogP contribution in [-0.2, 0) is 6.54 Å². The quantitative estimate of drug-likeness (QED) is 0.611. The first-order chi connectivity index (χ1) is 15.0. The van der Waals surface area contributed by atoms with Crippen LogP contribution in [0.4, 0.5) is 10.5 Å². The van der Waals surface area contributed by atoms with Gasteiger partial charge in [-0.05, 0) is 19.1 Å². The Labute approximate surface area is 182 Å². The standard InChI is InChI=1S/C20H20ClN7O3/c1-12-16(19(25-31-12)13-2-3-17(21)22-7-13)11-28-18(29)6-14(9-24-28)26-4-5-27-15(10-26)8-23-20(27)30/h2-3,6-7,9,15H,4-5,8,10-11H2,1H3,(H,23,30)/t15-/m1/s1. The van der Waals surface area contributed by atoms with Crippen molar-refractivity contribution < 1.29 is 9.32 Å². The minimum absolute atomic E-state index is 0.0195. The van der Waals surface area contributed by atoms with E-state index in [0.717, 1.165) is 16.8 Å². The fourth-order valence-corrected chi connectivity index (χ4v) is 4.14. The van der Waals surface area contributed by atoms with E-state index in [1.807, 2.05) is 4.90 Å². The largest absolute Gasteiger partial charge is 0.366 e. The third-order valence-corrected chi connectivity index (χ3v) is 5.97. The van der Waals surface area contributed by atoms with Crippen molar-refractivity contribution in [2.45, 2.75) is 19.5 Å². The number of halogens is 1. The highest BCUT2D eigenvalue weighted by atomic mass is 35.5. The Morgan fingerprint density at radius 2 is 2.13 bits per heavy atom. The van der Waals surface area contributed by atoms with Gasteiger partial charge in [0.1, 0.15) is 16.6 Å². The van der Waals surface area contributed by atoms with Crippen molar-refractivity contribution in [1.82, 2.24) is 30.1 Å². The van der Waals surface area contributed by atoms with Gasteiger partial charge in [0.05, 0.1) is 24.5 Å². The zero-order valence-corrected chi connectivity index (χ0v) is 17.5. The van der Waals surface area contributed by atoms with E-state index in [-0.39, 0.29) is 24.2 Å². The molecule has 5 rings (SSSR count). The van der Waals surface area contributed by atoms with Crippen LogP contribution in [0.3, 0.4) is 0 Å². The number of nitrogens with one attached hydrogen (secondary N) is 1. The monoisotopic (exact) mass is 441 g/mol. The van der Waals surface area contributed by atoms with Gasteiger partial charge < -0.3 is 19.6 Å². The SMILES string of the molecule is Cc1onc(-c2ccc(Cl)nc2)c1Cn1ncc(N2CCN3C(=O)NC[C@@H]3C2)cc1=O. The maximum absolute atomic E-state index is 12.8. The van der Waals surface area contributed by atoms with E-state index < -0.39 is 0 Å². The third-order valence-electron chi connectivity index (χ3n) is 5.75. The molecule has 11 heteroatoms. The van der Waals surface area contributed by atoms with E-state index in [2.05, 4.69) is 25.5 Å². The number of piperazine rings is 1. The summed E-state index contributed by atoms with van der Waals surface area (Å²) < 4.78 is 6.74. The summed E-state index contributed by atoms with van der Waals surface area (Å²) in [6, 6.07) is 5.15. The first-order valence-corrected chi connectivity index (χ1v) is 10.3. The highest BCUT2D eigenvalue weighted by Gasteiger charge is 2.35. The van der Waals surface area contributed by atoms with Crippen LogP contribution in [0.15, 0.2) is 39.9 Å². The Kier molecular flexibility index (Phi) is 4.85. The number of fused-ring (bicyclic) bond motifs is 1. The van der Waals surface area contributed by atoms with Crippen LogP contribution >= 0.6 is 11.6 Å². The van der Waals surface area contributed by atoms with Crippen molar-refractivity contribution >= 4 is 23.3 Å². The third kappa shape index (κ3) is 3.63. The Morgan fingerprint density at radius 3 is 2.90 bits per heavy atom. The van der Waals surface area contributed by atoms with Crippen LogP contribution in [0.1, 0.15) is 11.3 Å². The molecule has 2 saturated heterocycles. The van der Waals surface area contributed by atoms with Crippen molar-refractivity contribution in [3.05, 3.63) is 57.4 Å². The van der Waals surface area contributed by atoms with Gasteiger partial charge in [-0.1, -0.05) is 16.8 Å². The number of amides is 2. The summed E-state index contributed by atoms with van der Waals surface area (Å²) in [5, 5.41) is 11.7. The number of carbonyl (C=O) groups is 1. The number of rotatable bonds is 4. The predicted octanol–water partition coefficient (Wildman–Crippen LogP) is 1.52. The second-order valence-corrected chi connectivity index (χ2v) is 8.01. The highest BCUT2D eigenvalue weighted by molar-refractivity contribution is 6.29. The maximum Gasteiger partial charge on any atom is 0.317 e. The van der Waals surface area contributed by atoms with E-state index in [1.165, 1.54) is 4.68 Å². The molecule has 0 aliphatic carbocycles. The first kappa shape index (κ1) is 19.6. The van der Waals surface area contributed by atoms with Crippen molar-refractivity contribution in [2.24, 2.45) is 0 Å². The first-order valence-electron chi connectivity index (χ1n) is 9.93. The van der Waals surface area contributed by atoms with Gasteiger partial charge in [-0.15, -0.1) is 0 Å². The van der Waals surface area contributed by atoms with Crippen LogP contribution in [0.5, 0.6) is 0 Å².